The highest BCUT2D eigenvalue weighted by Crippen LogP contribution is 2.22. The van der Waals surface area contributed by atoms with E-state index in [2.05, 4.69) is 10.0 Å². The average molecular weight is 480 g/mol. The number of aryl methyl sites for hydroxylation is 4. The number of carbonyl (C=O) groups is 2. The monoisotopic (exact) mass is 479 g/mol. The van der Waals surface area contributed by atoms with Crippen LogP contribution in [0.15, 0.2) is 65.6 Å². The highest BCUT2D eigenvalue weighted by molar-refractivity contribution is 7.92. The van der Waals surface area contributed by atoms with Crippen molar-refractivity contribution >= 4 is 33.2 Å². The van der Waals surface area contributed by atoms with Crippen molar-refractivity contribution in [3.8, 4) is 0 Å². The summed E-state index contributed by atoms with van der Waals surface area (Å²) in [6.45, 7) is 7.26. The van der Waals surface area contributed by atoms with Crippen molar-refractivity contribution in [3.05, 3.63) is 88.5 Å². The molecular weight excluding hydrogens is 450 g/mol. The summed E-state index contributed by atoms with van der Waals surface area (Å²) in [7, 11) is -2.39. The van der Waals surface area contributed by atoms with E-state index in [4.69, 9.17) is 0 Å². The van der Waals surface area contributed by atoms with Crippen LogP contribution in [0.25, 0.3) is 0 Å². The minimum Gasteiger partial charge on any atom is -0.332 e. The predicted octanol–water partition coefficient (Wildman–Crippen LogP) is 4.43. The molecule has 0 aliphatic carbocycles. The van der Waals surface area contributed by atoms with Crippen LogP contribution in [0.1, 0.15) is 32.6 Å². The van der Waals surface area contributed by atoms with Crippen LogP contribution in [0.3, 0.4) is 0 Å². The lowest BCUT2D eigenvalue weighted by atomic mass is 10.1. The lowest BCUT2D eigenvalue weighted by Gasteiger charge is -2.19. The number of rotatable bonds is 7. The van der Waals surface area contributed by atoms with Gasteiger partial charge in [0.25, 0.3) is 15.9 Å². The van der Waals surface area contributed by atoms with E-state index in [9.17, 15) is 18.0 Å². The van der Waals surface area contributed by atoms with Crippen molar-refractivity contribution < 1.29 is 18.0 Å². The number of nitrogens with one attached hydrogen (secondary N) is 2. The highest BCUT2D eigenvalue weighted by atomic mass is 32.2. The Hall–Kier alpha value is -3.65. The lowest BCUT2D eigenvalue weighted by molar-refractivity contribution is -0.116. The minimum absolute atomic E-state index is 0.0320. The average Bonchev–Trinajstić information content (AvgIpc) is 2.77. The Morgan fingerprint density at radius 2 is 1.47 bits per heavy atom. The van der Waals surface area contributed by atoms with Gasteiger partial charge in [-0.05, 0) is 68.7 Å². The van der Waals surface area contributed by atoms with Crippen LogP contribution in [-0.4, -0.2) is 38.7 Å². The number of amides is 2. The van der Waals surface area contributed by atoms with Crippen molar-refractivity contribution in [1.82, 2.24) is 4.90 Å². The highest BCUT2D eigenvalue weighted by Gasteiger charge is 2.22. The molecule has 0 saturated heterocycles. The smallest absolute Gasteiger partial charge is 0.261 e. The Labute approximate surface area is 200 Å². The Kier molecular flexibility index (Phi) is 7.41. The molecule has 0 unspecified atom stereocenters. The second-order valence-electron chi connectivity index (χ2n) is 8.42. The molecule has 0 saturated carbocycles. The van der Waals surface area contributed by atoms with E-state index < -0.39 is 15.9 Å². The van der Waals surface area contributed by atoms with Gasteiger partial charge < -0.3 is 10.2 Å². The van der Waals surface area contributed by atoms with Gasteiger partial charge in [-0.25, -0.2) is 8.42 Å². The van der Waals surface area contributed by atoms with Gasteiger partial charge >= 0.3 is 0 Å². The van der Waals surface area contributed by atoms with Crippen LogP contribution >= 0.6 is 0 Å². The molecule has 0 spiro atoms. The van der Waals surface area contributed by atoms with Gasteiger partial charge in [-0.3, -0.25) is 14.3 Å². The SMILES string of the molecule is Cc1ccc(NS(=O)(=O)c2ccc(C)c(C(=O)N(C)CC(=O)Nc3c(C)cccc3C)c2)cc1. The third kappa shape index (κ3) is 5.82. The molecule has 34 heavy (non-hydrogen) atoms. The molecule has 0 atom stereocenters. The molecule has 3 rings (SSSR count). The third-order valence-corrected chi connectivity index (χ3v) is 6.91. The van der Waals surface area contributed by atoms with Gasteiger partial charge in [-0.2, -0.15) is 0 Å². The van der Waals surface area contributed by atoms with E-state index in [1.807, 2.05) is 39.0 Å². The van der Waals surface area contributed by atoms with Gasteiger partial charge in [-0.1, -0.05) is 42.0 Å². The number of likely N-dealkylation sites (N-methyl/N-ethyl adjacent to an activating group) is 1. The van der Waals surface area contributed by atoms with E-state index in [1.165, 1.54) is 24.1 Å². The van der Waals surface area contributed by atoms with Gasteiger partial charge in [0.1, 0.15) is 0 Å². The molecule has 0 aromatic heterocycles. The van der Waals surface area contributed by atoms with E-state index in [0.717, 1.165) is 22.4 Å². The molecule has 0 aliphatic rings. The molecule has 8 heteroatoms. The van der Waals surface area contributed by atoms with Crippen LogP contribution in [0.4, 0.5) is 11.4 Å². The third-order valence-electron chi connectivity index (χ3n) is 5.53. The van der Waals surface area contributed by atoms with E-state index in [-0.39, 0.29) is 22.9 Å². The quantitative estimate of drug-likeness (QED) is 0.524. The van der Waals surface area contributed by atoms with Crippen molar-refractivity contribution in [1.29, 1.82) is 0 Å². The van der Waals surface area contributed by atoms with Crippen LogP contribution in [0.5, 0.6) is 0 Å². The number of sulfonamides is 1. The Morgan fingerprint density at radius 3 is 2.09 bits per heavy atom. The maximum atomic E-state index is 13.1. The molecule has 0 heterocycles. The van der Waals surface area contributed by atoms with Crippen LogP contribution < -0.4 is 10.0 Å². The van der Waals surface area contributed by atoms with Crippen molar-refractivity contribution in [2.24, 2.45) is 0 Å². The number of carbonyl (C=O) groups excluding carboxylic acids is 2. The number of nitrogens with zero attached hydrogens (tertiary/aromatic N) is 1. The predicted molar refractivity (Wildman–Crippen MR) is 135 cm³/mol. The maximum Gasteiger partial charge on any atom is 0.261 e. The fourth-order valence-electron chi connectivity index (χ4n) is 3.52. The van der Waals surface area contributed by atoms with Gasteiger partial charge in [0, 0.05) is 24.0 Å². The normalized spacial score (nSPS) is 11.1. The Morgan fingerprint density at radius 1 is 0.853 bits per heavy atom. The van der Waals surface area contributed by atoms with Crippen LogP contribution in [0, 0.1) is 27.7 Å². The van der Waals surface area contributed by atoms with Crippen molar-refractivity contribution in [3.63, 3.8) is 0 Å². The van der Waals surface area contributed by atoms with E-state index >= 15 is 0 Å². The second kappa shape index (κ2) is 10.1. The molecule has 2 N–H and O–H groups in total. The number of anilines is 2. The number of benzene rings is 3. The first kappa shape index (κ1) is 25.0. The molecule has 178 valence electrons. The van der Waals surface area contributed by atoms with Gasteiger partial charge in [-0.15, -0.1) is 0 Å². The summed E-state index contributed by atoms with van der Waals surface area (Å²) in [5.74, 6) is -0.780. The molecule has 0 radical (unpaired) electrons. The molecule has 0 aliphatic heterocycles. The van der Waals surface area contributed by atoms with Gasteiger partial charge in [0.05, 0.1) is 11.4 Å². The second-order valence-corrected chi connectivity index (χ2v) is 10.1. The summed E-state index contributed by atoms with van der Waals surface area (Å²) in [6, 6.07) is 17.1. The Bertz CT molecular complexity index is 1310. The standard InChI is InChI=1S/C26H29N3O4S/c1-17-9-12-21(13-10-17)28-34(32,33)22-14-11-18(2)23(15-22)26(31)29(5)16-24(30)27-25-19(3)7-6-8-20(25)4/h6-15,28H,16H2,1-5H3,(H,27,30). The first-order valence-electron chi connectivity index (χ1n) is 10.8. The van der Waals surface area contributed by atoms with Crippen LogP contribution in [-0.2, 0) is 14.8 Å². The number of hydrogen-bond acceptors (Lipinski definition) is 4. The molecule has 3 aromatic carbocycles. The molecule has 3 aromatic rings. The summed E-state index contributed by atoms with van der Waals surface area (Å²) >= 11 is 0. The number of para-hydroxylation sites is 1. The Balaban J connectivity index is 1.77. The summed E-state index contributed by atoms with van der Waals surface area (Å²) < 4.78 is 28.3. The van der Waals surface area contributed by atoms with Gasteiger partial charge in [0.2, 0.25) is 5.91 Å². The van der Waals surface area contributed by atoms with E-state index in [0.29, 0.717) is 11.3 Å². The summed E-state index contributed by atoms with van der Waals surface area (Å²) in [4.78, 5) is 26.9. The molecular formula is C26H29N3O4S. The zero-order valence-electron chi connectivity index (χ0n) is 20.0. The summed E-state index contributed by atoms with van der Waals surface area (Å²) in [6.07, 6.45) is 0. The molecule has 2 amide bonds. The molecule has 0 fully saturated rings. The number of hydrogen-bond donors (Lipinski definition) is 2. The first-order valence-corrected chi connectivity index (χ1v) is 12.3. The van der Waals surface area contributed by atoms with Crippen molar-refractivity contribution in [2.45, 2.75) is 32.6 Å². The van der Waals surface area contributed by atoms with Crippen molar-refractivity contribution in [2.75, 3.05) is 23.6 Å². The minimum atomic E-state index is -3.90. The van der Waals surface area contributed by atoms with E-state index in [1.54, 1.807) is 37.3 Å². The van der Waals surface area contributed by atoms with Crippen LogP contribution in [0.2, 0.25) is 0 Å². The fraction of sp³-hybridized carbons (Fsp3) is 0.231. The largest absolute Gasteiger partial charge is 0.332 e. The summed E-state index contributed by atoms with van der Waals surface area (Å²) in [5.41, 5.74) is 4.85. The first-order chi connectivity index (χ1) is 16.0. The fourth-order valence-corrected chi connectivity index (χ4v) is 4.60. The zero-order chi connectivity index (χ0) is 25.0. The maximum absolute atomic E-state index is 13.1. The topological polar surface area (TPSA) is 95.6 Å². The van der Waals surface area contributed by atoms with Gasteiger partial charge in [0.15, 0.2) is 0 Å². The molecule has 0 bridgehead atoms. The molecule has 7 nitrogen and oxygen atoms in total. The lowest BCUT2D eigenvalue weighted by Crippen LogP contribution is -2.35. The zero-order valence-corrected chi connectivity index (χ0v) is 20.8. The summed E-state index contributed by atoms with van der Waals surface area (Å²) in [5, 5.41) is 2.86.